The van der Waals surface area contributed by atoms with E-state index < -0.39 is 11.8 Å². The molecule has 1 aliphatic rings. The highest BCUT2D eigenvalue weighted by Gasteiger charge is 2.32. The van der Waals surface area contributed by atoms with Crippen molar-refractivity contribution in [1.82, 2.24) is 0 Å². The highest BCUT2D eigenvalue weighted by Crippen LogP contribution is 2.31. The maximum atomic E-state index is 13.4. The van der Waals surface area contributed by atoms with Crippen LogP contribution in [0.1, 0.15) is 21.9 Å². The number of halogens is 1. The summed E-state index contributed by atoms with van der Waals surface area (Å²) in [4.78, 5) is 30.6. The van der Waals surface area contributed by atoms with Crippen LogP contribution < -0.4 is 4.90 Å². The van der Waals surface area contributed by atoms with Gasteiger partial charge < -0.3 is 9.15 Å². The molecule has 0 unspecified atom stereocenters. The fourth-order valence-electron chi connectivity index (χ4n) is 2.92. The number of furan rings is 1. The molecule has 0 saturated heterocycles. The zero-order valence-electron chi connectivity index (χ0n) is 16.4. The lowest BCUT2D eigenvalue weighted by Crippen LogP contribution is -2.30. The van der Waals surface area contributed by atoms with Gasteiger partial charge in [-0.15, -0.1) is 0 Å². The number of aliphatic imine (C=N–C) groups is 1. The zero-order valence-corrected chi connectivity index (χ0v) is 17.3. The Morgan fingerprint density at radius 2 is 1.87 bits per heavy atom. The number of amides is 1. The van der Waals surface area contributed by atoms with E-state index in [4.69, 9.17) is 4.42 Å². The van der Waals surface area contributed by atoms with Crippen molar-refractivity contribution in [1.29, 1.82) is 0 Å². The Balaban J connectivity index is 1.62. The van der Waals surface area contributed by atoms with Gasteiger partial charge in [0.05, 0.1) is 18.6 Å². The predicted octanol–water partition coefficient (Wildman–Crippen LogP) is 4.88. The molecule has 0 atom stereocenters. The van der Waals surface area contributed by atoms with Crippen LogP contribution in [0.5, 0.6) is 0 Å². The molecular weight excluding hydrogens is 419 g/mol. The number of ether oxygens (including phenoxy) is 1. The topological polar surface area (TPSA) is 72.1 Å². The first-order chi connectivity index (χ1) is 15.0. The van der Waals surface area contributed by atoms with Crippen molar-refractivity contribution in [3.05, 3.63) is 95.3 Å². The Bertz CT molecular complexity index is 1170. The number of amidine groups is 1. The van der Waals surface area contributed by atoms with E-state index in [1.54, 1.807) is 12.1 Å². The summed E-state index contributed by atoms with van der Waals surface area (Å²) < 4.78 is 23.5. The summed E-state index contributed by atoms with van der Waals surface area (Å²) in [7, 11) is 1.28. The van der Waals surface area contributed by atoms with E-state index in [1.165, 1.54) is 54.1 Å². The number of esters is 1. The molecule has 0 bridgehead atoms. The second kappa shape index (κ2) is 9.01. The number of anilines is 1. The molecule has 0 aliphatic carbocycles. The molecule has 0 N–H and O–H groups in total. The smallest absolute Gasteiger partial charge is 0.373 e. The number of carbonyl (C=O) groups is 2. The van der Waals surface area contributed by atoms with Gasteiger partial charge in [-0.2, -0.15) is 0 Å². The minimum atomic E-state index is -0.564. The molecule has 156 valence electrons. The van der Waals surface area contributed by atoms with E-state index in [1.807, 2.05) is 30.3 Å². The van der Waals surface area contributed by atoms with Crippen molar-refractivity contribution in [2.75, 3.05) is 12.0 Å². The molecule has 8 heteroatoms. The second-order valence-electron chi connectivity index (χ2n) is 6.50. The Morgan fingerprint density at radius 3 is 2.58 bits per heavy atom. The number of nitrogens with zero attached hydrogens (tertiary/aromatic N) is 2. The summed E-state index contributed by atoms with van der Waals surface area (Å²) >= 11 is 1.27. The van der Waals surface area contributed by atoms with Gasteiger partial charge in [0, 0.05) is 0 Å². The molecule has 2 heterocycles. The number of thioether (sulfide) groups is 1. The van der Waals surface area contributed by atoms with E-state index in [9.17, 15) is 14.0 Å². The molecule has 1 aromatic heterocycles. The SMILES string of the molecule is COC(=O)c1ccc(CSC2=NC(=Cc3ccccc3)C(=O)N2c2ccc(F)cc2)o1. The first-order valence-corrected chi connectivity index (χ1v) is 10.3. The van der Waals surface area contributed by atoms with Crippen LogP contribution >= 0.6 is 11.8 Å². The van der Waals surface area contributed by atoms with Crippen molar-refractivity contribution in [2.45, 2.75) is 5.75 Å². The Labute approximate surface area is 182 Å². The van der Waals surface area contributed by atoms with Crippen LogP contribution in [-0.2, 0) is 15.3 Å². The molecule has 0 spiro atoms. The average molecular weight is 436 g/mol. The van der Waals surface area contributed by atoms with E-state index in [0.29, 0.717) is 22.4 Å². The van der Waals surface area contributed by atoms with Crippen LogP contribution in [0.2, 0.25) is 0 Å². The fourth-order valence-corrected chi connectivity index (χ4v) is 3.83. The molecule has 6 nitrogen and oxygen atoms in total. The number of hydrogen-bond donors (Lipinski definition) is 0. The molecular formula is C23H17FN2O4S. The summed E-state index contributed by atoms with van der Waals surface area (Å²) in [6.07, 6.45) is 1.70. The van der Waals surface area contributed by atoms with Gasteiger partial charge in [0.1, 0.15) is 17.3 Å². The molecule has 31 heavy (non-hydrogen) atoms. The summed E-state index contributed by atoms with van der Waals surface area (Å²) in [6, 6.07) is 18.2. The van der Waals surface area contributed by atoms with E-state index in [0.717, 1.165) is 5.56 Å². The summed E-state index contributed by atoms with van der Waals surface area (Å²) in [5, 5.41) is 0.426. The van der Waals surface area contributed by atoms with Gasteiger partial charge in [-0.3, -0.25) is 9.69 Å². The molecule has 0 radical (unpaired) electrons. The predicted molar refractivity (Wildman–Crippen MR) is 117 cm³/mol. The standard InChI is InChI=1S/C23H17FN2O4S/c1-29-22(28)20-12-11-18(30-20)14-31-23-25-19(13-15-5-3-2-4-6-15)21(27)26(23)17-9-7-16(24)8-10-17/h2-13H,14H2,1H3. The lowest BCUT2D eigenvalue weighted by atomic mass is 10.2. The van der Waals surface area contributed by atoms with Gasteiger partial charge in [0.2, 0.25) is 5.76 Å². The fraction of sp³-hybridized carbons (Fsp3) is 0.0870. The number of methoxy groups -OCH3 is 1. The van der Waals surface area contributed by atoms with Crippen molar-refractivity contribution in [2.24, 2.45) is 4.99 Å². The Kier molecular flexibility index (Phi) is 5.99. The van der Waals surface area contributed by atoms with E-state index >= 15 is 0 Å². The molecule has 4 rings (SSSR count). The maximum Gasteiger partial charge on any atom is 0.373 e. The zero-order chi connectivity index (χ0) is 21.8. The number of rotatable bonds is 5. The minimum absolute atomic E-state index is 0.0996. The molecule has 1 amide bonds. The molecule has 0 fully saturated rings. The highest BCUT2D eigenvalue weighted by atomic mass is 32.2. The number of benzene rings is 2. The van der Waals surface area contributed by atoms with Gasteiger partial charge >= 0.3 is 5.97 Å². The van der Waals surface area contributed by atoms with Crippen molar-refractivity contribution in [3.8, 4) is 0 Å². The lowest BCUT2D eigenvalue weighted by Gasteiger charge is -2.17. The largest absolute Gasteiger partial charge is 0.463 e. The lowest BCUT2D eigenvalue weighted by molar-refractivity contribution is -0.113. The Hall–Kier alpha value is -3.65. The van der Waals surface area contributed by atoms with E-state index in [2.05, 4.69) is 9.73 Å². The van der Waals surface area contributed by atoms with Crippen molar-refractivity contribution < 1.29 is 23.1 Å². The normalized spacial score (nSPS) is 14.8. The summed E-state index contributed by atoms with van der Waals surface area (Å²) in [5.41, 5.74) is 1.62. The van der Waals surface area contributed by atoms with Gasteiger partial charge in [-0.05, 0) is 48.0 Å². The molecule has 0 saturated carbocycles. The van der Waals surface area contributed by atoms with Crippen molar-refractivity contribution >= 4 is 40.6 Å². The third-order valence-electron chi connectivity index (χ3n) is 4.41. The third-order valence-corrected chi connectivity index (χ3v) is 5.37. The van der Waals surface area contributed by atoms with Crippen LogP contribution in [0.3, 0.4) is 0 Å². The first-order valence-electron chi connectivity index (χ1n) is 9.30. The minimum Gasteiger partial charge on any atom is -0.463 e. The molecule has 3 aromatic rings. The van der Waals surface area contributed by atoms with Crippen LogP contribution in [0.4, 0.5) is 10.1 Å². The highest BCUT2D eigenvalue weighted by molar-refractivity contribution is 8.13. The summed E-state index contributed by atoms with van der Waals surface area (Å²) in [6.45, 7) is 0. The van der Waals surface area contributed by atoms with Crippen LogP contribution in [0, 0.1) is 5.82 Å². The molecule has 1 aliphatic heterocycles. The number of carbonyl (C=O) groups excluding carboxylic acids is 2. The monoisotopic (exact) mass is 436 g/mol. The maximum absolute atomic E-state index is 13.4. The van der Waals surface area contributed by atoms with E-state index in [-0.39, 0.29) is 17.4 Å². The molecule has 2 aromatic carbocycles. The third kappa shape index (κ3) is 4.59. The van der Waals surface area contributed by atoms with Gasteiger partial charge in [0.25, 0.3) is 5.91 Å². The van der Waals surface area contributed by atoms with Crippen molar-refractivity contribution in [3.63, 3.8) is 0 Å². The second-order valence-corrected chi connectivity index (χ2v) is 7.44. The van der Waals surface area contributed by atoms with Gasteiger partial charge in [0.15, 0.2) is 5.17 Å². The Morgan fingerprint density at radius 1 is 1.13 bits per heavy atom. The summed E-state index contributed by atoms with van der Waals surface area (Å²) in [5.74, 6) is -0.312. The van der Waals surface area contributed by atoms with Crippen LogP contribution in [-0.4, -0.2) is 24.2 Å². The quantitative estimate of drug-likeness (QED) is 0.421. The van der Waals surface area contributed by atoms with Gasteiger partial charge in [-0.25, -0.2) is 14.2 Å². The first kappa shape index (κ1) is 20.6. The number of hydrogen-bond acceptors (Lipinski definition) is 6. The van der Waals surface area contributed by atoms with Gasteiger partial charge in [-0.1, -0.05) is 42.1 Å². The van der Waals surface area contributed by atoms with Crippen LogP contribution in [0.15, 0.2) is 81.8 Å². The average Bonchev–Trinajstić information content (AvgIpc) is 3.38. The van der Waals surface area contributed by atoms with Crippen LogP contribution in [0.25, 0.3) is 6.08 Å².